The van der Waals surface area contributed by atoms with Gasteiger partial charge >= 0.3 is 0 Å². The van der Waals surface area contributed by atoms with Crippen LogP contribution in [-0.2, 0) is 26.3 Å². The fraction of sp³-hybridized carbons (Fsp3) is 0.467. The number of nitrogens with one attached hydrogen (secondary N) is 1. The van der Waals surface area contributed by atoms with Crippen LogP contribution >= 0.6 is 15.9 Å². The number of hydrogen-bond donors (Lipinski definition) is 2. The molecule has 0 saturated carbocycles. The van der Waals surface area contributed by atoms with Gasteiger partial charge in [0.15, 0.2) is 0 Å². The van der Waals surface area contributed by atoms with Gasteiger partial charge in [-0.1, -0.05) is 13.8 Å². The van der Waals surface area contributed by atoms with Crippen molar-refractivity contribution in [3.05, 3.63) is 45.4 Å². The monoisotopic (exact) mass is 351 g/mol. The lowest BCUT2D eigenvalue weighted by molar-refractivity contribution is 0.525. The van der Waals surface area contributed by atoms with Gasteiger partial charge in [0.25, 0.3) is 0 Å². The zero-order chi connectivity index (χ0) is 15.4. The molecule has 0 amide bonds. The molecule has 0 radical (unpaired) electrons. The molecule has 3 N–H and O–H groups in total. The molecule has 114 valence electrons. The van der Waals surface area contributed by atoms with Gasteiger partial charge in [0.1, 0.15) is 0 Å². The summed E-state index contributed by atoms with van der Waals surface area (Å²) in [5.41, 5.74) is 7.57. The van der Waals surface area contributed by atoms with Crippen molar-refractivity contribution in [3.63, 3.8) is 0 Å². The summed E-state index contributed by atoms with van der Waals surface area (Å²) in [7, 11) is 1.97. The maximum Gasteiger partial charge on any atom is 0.0766 e. The molecule has 0 saturated heterocycles. The third-order valence-corrected chi connectivity index (χ3v) is 4.71. The fourth-order valence-corrected chi connectivity index (χ4v) is 3.35. The number of rotatable bonds is 6. The first-order valence-corrected chi connectivity index (χ1v) is 8.00. The molecule has 1 unspecified atom stereocenters. The second kappa shape index (κ2) is 7.15. The zero-order valence-electron chi connectivity index (χ0n) is 12.7. The third-order valence-electron chi connectivity index (χ3n) is 3.80. The number of pyridine rings is 1. The molecule has 0 bridgehead atoms. The highest BCUT2D eigenvalue weighted by atomic mass is 79.9. The first-order valence-electron chi connectivity index (χ1n) is 7.21. The lowest BCUT2D eigenvalue weighted by Gasteiger charge is -2.19. The molecule has 5 nitrogen and oxygen atoms in total. The summed E-state index contributed by atoms with van der Waals surface area (Å²) in [5.74, 6) is 5.80. The molecule has 21 heavy (non-hydrogen) atoms. The number of aryl methyl sites for hydroxylation is 3. The van der Waals surface area contributed by atoms with Crippen molar-refractivity contribution < 1.29 is 0 Å². The van der Waals surface area contributed by atoms with Crippen LogP contribution in [0.4, 0.5) is 0 Å². The molecule has 2 rings (SSSR count). The quantitative estimate of drug-likeness (QED) is 0.619. The number of hydrogen-bond acceptors (Lipinski definition) is 4. The molecule has 6 heteroatoms. The predicted molar refractivity (Wildman–Crippen MR) is 87.7 cm³/mol. The standard InChI is InChI=1S/C15H22BrN5/c1-4-10-9-18-7-6-11(10)13(19-17)8-14-15(16)12(5-2)20-21(14)3/h6-7,9,13,19H,4-5,8,17H2,1-3H3. The molecule has 0 aliphatic carbocycles. The van der Waals surface area contributed by atoms with Crippen LogP contribution in [0, 0.1) is 0 Å². The van der Waals surface area contributed by atoms with Crippen molar-refractivity contribution in [3.8, 4) is 0 Å². The van der Waals surface area contributed by atoms with Gasteiger partial charge in [-0.25, -0.2) is 0 Å². The van der Waals surface area contributed by atoms with E-state index in [1.165, 1.54) is 11.1 Å². The Morgan fingerprint density at radius 1 is 1.38 bits per heavy atom. The first-order chi connectivity index (χ1) is 10.1. The van der Waals surface area contributed by atoms with Crippen molar-refractivity contribution in [2.24, 2.45) is 12.9 Å². The second-order valence-corrected chi connectivity index (χ2v) is 5.83. The Labute approximate surface area is 134 Å². The molecule has 0 aliphatic heterocycles. The molecule has 2 aromatic heterocycles. The number of aromatic nitrogens is 3. The average molecular weight is 352 g/mol. The fourth-order valence-electron chi connectivity index (χ4n) is 2.57. The van der Waals surface area contributed by atoms with Crippen molar-refractivity contribution in [1.82, 2.24) is 20.2 Å². The molecular weight excluding hydrogens is 330 g/mol. The summed E-state index contributed by atoms with van der Waals surface area (Å²) in [4.78, 5) is 4.20. The van der Waals surface area contributed by atoms with Crippen molar-refractivity contribution in [1.29, 1.82) is 0 Å². The van der Waals surface area contributed by atoms with Crippen molar-refractivity contribution in [2.75, 3.05) is 0 Å². The largest absolute Gasteiger partial charge is 0.271 e. The van der Waals surface area contributed by atoms with Crippen molar-refractivity contribution in [2.45, 2.75) is 39.2 Å². The Morgan fingerprint density at radius 3 is 2.71 bits per heavy atom. The lowest BCUT2D eigenvalue weighted by atomic mass is 9.97. The van der Waals surface area contributed by atoms with Gasteiger partial charge in [-0.3, -0.25) is 20.9 Å². The van der Waals surface area contributed by atoms with Crippen LogP contribution < -0.4 is 11.3 Å². The highest BCUT2D eigenvalue weighted by Gasteiger charge is 2.19. The zero-order valence-corrected chi connectivity index (χ0v) is 14.3. The topological polar surface area (TPSA) is 68.8 Å². The normalized spacial score (nSPS) is 12.6. The average Bonchev–Trinajstić information content (AvgIpc) is 2.79. The van der Waals surface area contributed by atoms with E-state index in [0.29, 0.717) is 0 Å². The van der Waals surface area contributed by atoms with E-state index in [0.717, 1.165) is 35.1 Å². The maximum absolute atomic E-state index is 5.80. The van der Waals surface area contributed by atoms with E-state index in [2.05, 4.69) is 45.3 Å². The van der Waals surface area contributed by atoms with Gasteiger partial charge < -0.3 is 0 Å². The minimum atomic E-state index is 0.0411. The highest BCUT2D eigenvalue weighted by Crippen LogP contribution is 2.27. The van der Waals surface area contributed by atoms with Crippen LogP contribution in [0.1, 0.15) is 42.4 Å². The molecule has 0 fully saturated rings. The van der Waals surface area contributed by atoms with E-state index in [9.17, 15) is 0 Å². The molecule has 2 heterocycles. The van der Waals surface area contributed by atoms with E-state index in [4.69, 9.17) is 5.84 Å². The number of hydrazine groups is 1. The molecular formula is C15H22BrN5. The molecule has 1 atom stereocenters. The van der Waals surface area contributed by atoms with E-state index in [1.54, 1.807) is 0 Å². The van der Waals surface area contributed by atoms with Gasteiger partial charge in [-0.15, -0.1) is 0 Å². The van der Waals surface area contributed by atoms with Crippen LogP contribution in [0.3, 0.4) is 0 Å². The predicted octanol–water partition coefficient (Wildman–Crippen LogP) is 2.45. The van der Waals surface area contributed by atoms with Crippen LogP contribution in [0.2, 0.25) is 0 Å². The van der Waals surface area contributed by atoms with Gasteiger partial charge in [-0.05, 0) is 46.0 Å². The molecule has 0 aromatic carbocycles. The third kappa shape index (κ3) is 3.33. The second-order valence-electron chi connectivity index (χ2n) is 5.04. The summed E-state index contributed by atoms with van der Waals surface area (Å²) in [6.45, 7) is 4.23. The van der Waals surface area contributed by atoms with Crippen molar-refractivity contribution >= 4 is 15.9 Å². The number of nitrogens with two attached hydrogens (primary N) is 1. The minimum Gasteiger partial charge on any atom is -0.271 e. The van der Waals surface area contributed by atoms with E-state index >= 15 is 0 Å². The summed E-state index contributed by atoms with van der Waals surface area (Å²) in [5, 5.41) is 4.54. The molecule has 0 aliphatic rings. The van der Waals surface area contributed by atoms with E-state index in [1.807, 2.05) is 30.2 Å². The molecule has 2 aromatic rings. The number of nitrogens with zero attached hydrogens (tertiary/aromatic N) is 3. The Balaban J connectivity index is 2.34. The SMILES string of the molecule is CCc1cnccc1C(Cc1c(Br)c(CC)nn1C)NN. The first kappa shape index (κ1) is 16.1. The maximum atomic E-state index is 5.80. The van der Waals surface area contributed by atoms with Gasteiger partial charge in [-0.2, -0.15) is 5.10 Å². The van der Waals surface area contributed by atoms with E-state index in [-0.39, 0.29) is 6.04 Å². The van der Waals surface area contributed by atoms with Gasteiger partial charge in [0.05, 0.1) is 21.9 Å². The van der Waals surface area contributed by atoms with Gasteiger partial charge in [0, 0.05) is 25.9 Å². The van der Waals surface area contributed by atoms with Crippen LogP contribution in [0.15, 0.2) is 22.9 Å². The van der Waals surface area contributed by atoms with E-state index < -0.39 is 0 Å². The lowest BCUT2D eigenvalue weighted by Crippen LogP contribution is -2.31. The Kier molecular flexibility index (Phi) is 5.50. The smallest absolute Gasteiger partial charge is 0.0766 e. The summed E-state index contributed by atoms with van der Waals surface area (Å²) >= 11 is 3.66. The summed E-state index contributed by atoms with van der Waals surface area (Å²) in [6, 6.07) is 2.08. The Bertz CT molecular complexity index is 608. The van der Waals surface area contributed by atoms with Gasteiger partial charge in [0.2, 0.25) is 0 Å². The number of halogens is 1. The Morgan fingerprint density at radius 2 is 2.14 bits per heavy atom. The Hall–Kier alpha value is -1.24. The highest BCUT2D eigenvalue weighted by molar-refractivity contribution is 9.10. The van der Waals surface area contributed by atoms with Crippen LogP contribution in [0.5, 0.6) is 0 Å². The summed E-state index contributed by atoms with van der Waals surface area (Å²) < 4.78 is 3.01. The minimum absolute atomic E-state index is 0.0411. The van der Waals surface area contributed by atoms with Crippen LogP contribution in [-0.4, -0.2) is 14.8 Å². The van der Waals surface area contributed by atoms with Crippen LogP contribution in [0.25, 0.3) is 0 Å². The molecule has 0 spiro atoms. The summed E-state index contributed by atoms with van der Waals surface area (Å²) in [6.07, 6.45) is 6.35.